The Balaban J connectivity index is 3.39. The van der Waals surface area contributed by atoms with Gasteiger partial charge < -0.3 is 5.32 Å². The number of rotatable bonds is 4. The van der Waals surface area contributed by atoms with Gasteiger partial charge in [-0.1, -0.05) is 20.1 Å². The summed E-state index contributed by atoms with van der Waals surface area (Å²) in [5.74, 6) is 0. The van der Waals surface area contributed by atoms with Gasteiger partial charge in [-0.25, -0.2) is 0 Å². The largest absolute Gasteiger partial charge is 0.385 e. The fourth-order valence-corrected chi connectivity index (χ4v) is 0.427. The molecule has 1 nitrogen and oxygen atoms in total. The fourth-order valence-electron chi connectivity index (χ4n) is 0.427. The summed E-state index contributed by atoms with van der Waals surface area (Å²) >= 11 is 0. The van der Waals surface area contributed by atoms with Crippen molar-refractivity contribution in [1.82, 2.24) is 5.32 Å². The normalized spacial score (nSPS) is 8.67. The second-order valence-corrected chi connectivity index (χ2v) is 2.19. The maximum absolute atomic E-state index is 3.78. The van der Waals surface area contributed by atoms with Crippen LogP contribution >= 0.6 is 0 Å². The minimum absolute atomic E-state index is 0.955. The van der Waals surface area contributed by atoms with Crippen LogP contribution in [0.15, 0.2) is 24.4 Å². The Morgan fingerprint density at radius 1 is 1.44 bits per heavy atom. The van der Waals surface area contributed by atoms with E-state index >= 15 is 0 Å². The van der Waals surface area contributed by atoms with Crippen LogP contribution in [0.1, 0.15) is 20.3 Å². The molecule has 1 heteroatoms. The van der Waals surface area contributed by atoms with Gasteiger partial charge in [-0.15, -0.1) is 0 Å². The van der Waals surface area contributed by atoms with E-state index in [1.165, 1.54) is 0 Å². The van der Waals surface area contributed by atoms with Crippen LogP contribution in [0.25, 0.3) is 0 Å². The summed E-state index contributed by atoms with van der Waals surface area (Å²) in [6.45, 7) is 12.6. The molecule has 1 N–H and O–H groups in total. The van der Waals surface area contributed by atoms with E-state index in [9.17, 15) is 0 Å². The lowest BCUT2D eigenvalue weighted by Gasteiger charge is -2.05. The van der Waals surface area contributed by atoms with Crippen molar-refractivity contribution in [3.8, 4) is 0 Å². The number of hydrogen-bond acceptors (Lipinski definition) is 1. The maximum atomic E-state index is 3.78. The fraction of sp³-hybridized carbons (Fsp3) is 0.500. The third-order valence-corrected chi connectivity index (χ3v) is 1.10. The monoisotopic (exact) mass is 125 g/mol. The highest BCUT2D eigenvalue weighted by atomic mass is 14.9. The van der Waals surface area contributed by atoms with Gasteiger partial charge in [-0.3, -0.25) is 0 Å². The molecule has 0 rings (SSSR count). The number of hydrogen-bond donors (Lipinski definition) is 1. The third kappa shape index (κ3) is 3.83. The highest BCUT2D eigenvalue weighted by Gasteiger charge is 1.88. The second-order valence-electron chi connectivity index (χ2n) is 2.19. The second kappa shape index (κ2) is 4.19. The Bertz CT molecular complexity index is 114. The van der Waals surface area contributed by atoms with E-state index in [1.807, 2.05) is 6.92 Å². The first-order valence-corrected chi connectivity index (χ1v) is 3.27. The van der Waals surface area contributed by atoms with Gasteiger partial charge in [0.15, 0.2) is 0 Å². The van der Waals surface area contributed by atoms with Crippen molar-refractivity contribution in [3.63, 3.8) is 0 Å². The van der Waals surface area contributed by atoms with E-state index in [0.717, 1.165) is 24.2 Å². The topological polar surface area (TPSA) is 12.0 Å². The molecule has 0 amide bonds. The zero-order valence-corrected chi connectivity index (χ0v) is 6.33. The molecular formula is C8H15N. The Kier molecular flexibility index (Phi) is 3.85. The summed E-state index contributed by atoms with van der Waals surface area (Å²) in [5.41, 5.74) is 1.97. The molecule has 0 atom stereocenters. The SMILES string of the molecule is C=C(C)C(=C)NCCC. The number of nitrogens with one attached hydrogen (secondary N) is 1. The summed E-state index contributed by atoms with van der Waals surface area (Å²) in [6, 6.07) is 0. The molecular weight excluding hydrogens is 110 g/mol. The van der Waals surface area contributed by atoms with Crippen LogP contribution in [0.3, 0.4) is 0 Å². The summed E-state index contributed by atoms with van der Waals surface area (Å²) < 4.78 is 0. The van der Waals surface area contributed by atoms with E-state index in [4.69, 9.17) is 0 Å². The van der Waals surface area contributed by atoms with Gasteiger partial charge in [0, 0.05) is 12.2 Å². The molecule has 0 unspecified atom stereocenters. The Morgan fingerprint density at radius 3 is 2.33 bits per heavy atom. The molecule has 0 aliphatic heterocycles. The van der Waals surface area contributed by atoms with Crippen LogP contribution in [0.2, 0.25) is 0 Å². The van der Waals surface area contributed by atoms with Crippen LogP contribution in [-0.2, 0) is 0 Å². The predicted molar refractivity (Wildman–Crippen MR) is 42.2 cm³/mol. The van der Waals surface area contributed by atoms with Crippen LogP contribution in [0, 0.1) is 0 Å². The molecule has 0 aliphatic rings. The highest BCUT2D eigenvalue weighted by Crippen LogP contribution is 1.97. The molecule has 0 radical (unpaired) electrons. The summed E-state index contributed by atoms with van der Waals surface area (Å²) in [4.78, 5) is 0. The molecule has 0 saturated heterocycles. The van der Waals surface area contributed by atoms with Crippen LogP contribution < -0.4 is 5.32 Å². The standard InChI is InChI=1S/C8H15N/c1-5-6-9-8(4)7(2)3/h9H,2,4-6H2,1,3H3. The molecule has 0 aromatic carbocycles. The Morgan fingerprint density at radius 2 is 2.00 bits per heavy atom. The van der Waals surface area contributed by atoms with Crippen molar-refractivity contribution >= 4 is 0 Å². The lowest BCUT2D eigenvalue weighted by atomic mass is 10.3. The Hall–Kier alpha value is -0.720. The van der Waals surface area contributed by atoms with Crippen molar-refractivity contribution in [2.45, 2.75) is 20.3 Å². The first-order chi connectivity index (χ1) is 4.18. The van der Waals surface area contributed by atoms with Crippen LogP contribution in [0.5, 0.6) is 0 Å². The van der Waals surface area contributed by atoms with Crippen molar-refractivity contribution in [1.29, 1.82) is 0 Å². The van der Waals surface area contributed by atoms with Crippen LogP contribution in [0.4, 0.5) is 0 Å². The average Bonchev–Trinajstić information content (AvgIpc) is 1.82. The molecule has 0 fully saturated rings. The number of allylic oxidation sites excluding steroid dienone is 1. The van der Waals surface area contributed by atoms with Gasteiger partial charge in [-0.2, -0.15) is 0 Å². The van der Waals surface area contributed by atoms with Gasteiger partial charge in [-0.05, 0) is 18.9 Å². The van der Waals surface area contributed by atoms with Crippen molar-refractivity contribution in [2.75, 3.05) is 6.54 Å². The van der Waals surface area contributed by atoms with Crippen molar-refractivity contribution < 1.29 is 0 Å². The quantitative estimate of drug-likeness (QED) is 0.567. The van der Waals surface area contributed by atoms with E-state index in [-0.39, 0.29) is 0 Å². The minimum atomic E-state index is 0.955. The molecule has 0 aromatic rings. The third-order valence-electron chi connectivity index (χ3n) is 1.10. The molecule has 0 bridgehead atoms. The van der Waals surface area contributed by atoms with Gasteiger partial charge in [0.05, 0.1) is 0 Å². The molecule has 0 spiro atoms. The van der Waals surface area contributed by atoms with Crippen molar-refractivity contribution in [3.05, 3.63) is 24.4 Å². The summed E-state index contributed by atoms with van der Waals surface area (Å²) in [5, 5.41) is 3.14. The average molecular weight is 125 g/mol. The smallest absolute Gasteiger partial charge is 0.0290 e. The lowest BCUT2D eigenvalue weighted by Crippen LogP contribution is -2.13. The summed E-state index contributed by atoms with van der Waals surface area (Å²) in [6.07, 6.45) is 1.13. The molecule has 9 heavy (non-hydrogen) atoms. The van der Waals surface area contributed by atoms with E-state index in [2.05, 4.69) is 25.4 Å². The van der Waals surface area contributed by atoms with Crippen LogP contribution in [-0.4, -0.2) is 6.54 Å². The zero-order valence-electron chi connectivity index (χ0n) is 6.33. The van der Waals surface area contributed by atoms with Gasteiger partial charge >= 0.3 is 0 Å². The summed E-state index contributed by atoms with van der Waals surface area (Å²) in [7, 11) is 0. The zero-order chi connectivity index (χ0) is 7.28. The molecule has 0 aromatic heterocycles. The molecule has 0 aliphatic carbocycles. The molecule has 0 heterocycles. The first kappa shape index (κ1) is 8.28. The minimum Gasteiger partial charge on any atom is -0.385 e. The van der Waals surface area contributed by atoms with E-state index in [1.54, 1.807) is 0 Å². The lowest BCUT2D eigenvalue weighted by molar-refractivity contribution is 0.778. The van der Waals surface area contributed by atoms with Gasteiger partial charge in [0.25, 0.3) is 0 Å². The Labute approximate surface area is 57.5 Å². The predicted octanol–water partition coefficient (Wildman–Crippen LogP) is 2.08. The van der Waals surface area contributed by atoms with E-state index in [0.29, 0.717) is 0 Å². The first-order valence-electron chi connectivity index (χ1n) is 3.27. The molecule has 0 saturated carbocycles. The maximum Gasteiger partial charge on any atom is 0.0290 e. The van der Waals surface area contributed by atoms with Gasteiger partial charge in [0.1, 0.15) is 0 Å². The van der Waals surface area contributed by atoms with Gasteiger partial charge in [0.2, 0.25) is 0 Å². The molecule has 52 valence electrons. The van der Waals surface area contributed by atoms with Crippen molar-refractivity contribution in [2.24, 2.45) is 0 Å². The highest BCUT2D eigenvalue weighted by molar-refractivity contribution is 5.20. The van der Waals surface area contributed by atoms with E-state index < -0.39 is 0 Å².